The number of carbonyl (C=O) groups excluding carboxylic acids is 1. The number of carbonyl (C=O) groups is 1. The van der Waals surface area contributed by atoms with Crippen molar-refractivity contribution in [2.24, 2.45) is 5.73 Å². The molecule has 1 atom stereocenters. The molecule has 4 heteroatoms. The van der Waals surface area contributed by atoms with Gasteiger partial charge in [-0.2, -0.15) is 0 Å². The molecule has 1 aliphatic rings. The normalized spacial score (nSPS) is 24.3. The number of hydrogen-bond acceptors (Lipinski definition) is 3. The first kappa shape index (κ1) is 9.48. The Morgan fingerprint density at radius 1 is 1.67 bits per heavy atom. The molecular formula is C8H16N2O2. The summed E-state index contributed by atoms with van der Waals surface area (Å²) in [5.41, 5.74) is 4.58. The first-order chi connectivity index (χ1) is 5.52. The van der Waals surface area contributed by atoms with Gasteiger partial charge in [0.15, 0.2) is 0 Å². The van der Waals surface area contributed by atoms with Crippen molar-refractivity contribution in [3.63, 3.8) is 0 Å². The lowest BCUT2D eigenvalue weighted by atomic mass is 10.0. The summed E-state index contributed by atoms with van der Waals surface area (Å²) in [6, 6.07) is 0.271. The second kappa shape index (κ2) is 3.41. The van der Waals surface area contributed by atoms with E-state index in [1.807, 2.05) is 0 Å². The van der Waals surface area contributed by atoms with Crippen LogP contribution in [0.1, 0.15) is 20.3 Å². The van der Waals surface area contributed by atoms with Crippen LogP contribution < -0.4 is 11.1 Å². The van der Waals surface area contributed by atoms with Crippen molar-refractivity contribution >= 4 is 5.91 Å². The van der Waals surface area contributed by atoms with Crippen molar-refractivity contribution in [3.05, 3.63) is 0 Å². The predicted molar refractivity (Wildman–Crippen MR) is 45.6 cm³/mol. The summed E-state index contributed by atoms with van der Waals surface area (Å²) in [6.45, 7) is 5.02. The average molecular weight is 172 g/mol. The molecule has 12 heavy (non-hydrogen) atoms. The highest BCUT2D eigenvalue weighted by atomic mass is 16.5. The fourth-order valence-electron chi connectivity index (χ4n) is 1.23. The molecule has 70 valence electrons. The number of rotatable bonds is 3. The Hall–Kier alpha value is -0.610. The van der Waals surface area contributed by atoms with Gasteiger partial charge >= 0.3 is 0 Å². The molecule has 1 aliphatic heterocycles. The molecule has 1 saturated heterocycles. The highest BCUT2D eigenvalue weighted by molar-refractivity contribution is 5.83. The van der Waals surface area contributed by atoms with E-state index in [0.29, 0.717) is 6.61 Å². The minimum Gasteiger partial charge on any atom is -0.380 e. The van der Waals surface area contributed by atoms with Crippen molar-refractivity contribution < 1.29 is 9.53 Å². The van der Waals surface area contributed by atoms with Crippen molar-refractivity contribution in [2.75, 3.05) is 13.2 Å². The van der Waals surface area contributed by atoms with Gasteiger partial charge in [0.25, 0.3) is 0 Å². The van der Waals surface area contributed by atoms with Crippen molar-refractivity contribution in [3.8, 4) is 0 Å². The molecule has 1 rings (SSSR count). The third-order valence-corrected chi connectivity index (χ3v) is 2.11. The molecule has 1 unspecified atom stereocenters. The van der Waals surface area contributed by atoms with E-state index >= 15 is 0 Å². The van der Waals surface area contributed by atoms with E-state index in [1.54, 1.807) is 13.8 Å². The molecule has 0 aliphatic carbocycles. The van der Waals surface area contributed by atoms with Crippen molar-refractivity contribution in [1.29, 1.82) is 0 Å². The minimum atomic E-state index is -0.627. The molecule has 1 heterocycles. The van der Waals surface area contributed by atoms with Gasteiger partial charge in [0.2, 0.25) is 5.91 Å². The van der Waals surface area contributed by atoms with Crippen LogP contribution >= 0.6 is 0 Å². The number of ether oxygens (including phenoxy) is 1. The maximum Gasteiger partial charge on any atom is 0.237 e. The average Bonchev–Trinajstić information content (AvgIpc) is 2.38. The number of nitrogens with one attached hydrogen (secondary N) is 1. The van der Waals surface area contributed by atoms with Gasteiger partial charge in [0, 0.05) is 12.6 Å². The van der Waals surface area contributed by atoms with Gasteiger partial charge in [0.1, 0.15) is 0 Å². The topological polar surface area (TPSA) is 64.3 Å². The smallest absolute Gasteiger partial charge is 0.237 e. The monoisotopic (exact) mass is 172 g/mol. The molecule has 0 aromatic heterocycles. The van der Waals surface area contributed by atoms with Crippen molar-refractivity contribution in [2.45, 2.75) is 31.8 Å². The SMILES string of the molecule is CC(C)(NC1CCOC1)C(N)=O. The number of nitrogens with two attached hydrogens (primary N) is 1. The molecule has 0 saturated carbocycles. The third kappa shape index (κ3) is 2.19. The molecule has 0 radical (unpaired) electrons. The quantitative estimate of drug-likeness (QED) is 0.610. The zero-order valence-electron chi connectivity index (χ0n) is 7.59. The molecule has 1 fully saturated rings. The van der Waals surface area contributed by atoms with E-state index in [1.165, 1.54) is 0 Å². The fourth-order valence-corrected chi connectivity index (χ4v) is 1.23. The van der Waals surface area contributed by atoms with E-state index in [9.17, 15) is 4.79 Å². The highest BCUT2D eigenvalue weighted by Crippen LogP contribution is 2.09. The van der Waals surface area contributed by atoms with Crippen LogP contribution in [-0.4, -0.2) is 30.7 Å². The second-order valence-corrected chi connectivity index (χ2v) is 3.69. The molecule has 0 aromatic rings. The fraction of sp³-hybridized carbons (Fsp3) is 0.875. The zero-order chi connectivity index (χ0) is 9.19. The molecule has 0 spiro atoms. The molecule has 4 nitrogen and oxygen atoms in total. The van der Waals surface area contributed by atoms with Gasteiger partial charge in [-0.1, -0.05) is 0 Å². The molecule has 1 amide bonds. The van der Waals surface area contributed by atoms with Crippen LogP contribution in [0.3, 0.4) is 0 Å². The number of amides is 1. The van der Waals surface area contributed by atoms with Crippen LogP contribution in [0.25, 0.3) is 0 Å². The lowest BCUT2D eigenvalue weighted by molar-refractivity contribution is -0.123. The zero-order valence-corrected chi connectivity index (χ0v) is 7.59. The summed E-state index contributed by atoms with van der Waals surface area (Å²) >= 11 is 0. The van der Waals surface area contributed by atoms with Crippen LogP contribution in [0.5, 0.6) is 0 Å². The number of primary amides is 1. The predicted octanol–water partition coefficient (Wildman–Crippen LogP) is -0.371. The molecule has 0 aromatic carbocycles. The molecule has 3 N–H and O–H groups in total. The summed E-state index contributed by atoms with van der Waals surface area (Å²) < 4.78 is 5.17. The lowest BCUT2D eigenvalue weighted by Gasteiger charge is -2.25. The summed E-state index contributed by atoms with van der Waals surface area (Å²) in [7, 11) is 0. The van der Waals surface area contributed by atoms with Crippen LogP contribution in [0.4, 0.5) is 0 Å². The van der Waals surface area contributed by atoms with E-state index in [2.05, 4.69) is 5.32 Å². The largest absolute Gasteiger partial charge is 0.380 e. The Morgan fingerprint density at radius 2 is 2.33 bits per heavy atom. The Kier molecular flexibility index (Phi) is 2.69. The van der Waals surface area contributed by atoms with Gasteiger partial charge < -0.3 is 10.5 Å². The first-order valence-corrected chi connectivity index (χ1v) is 4.18. The Bertz CT molecular complexity index is 174. The maximum absolute atomic E-state index is 10.9. The van der Waals surface area contributed by atoms with Gasteiger partial charge in [-0.15, -0.1) is 0 Å². The van der Waals surface area contributed by atoms with E-state index in [-0.39, 0.29) is 11.9 Å². The van der Waals surface area contributed by atoms with Crippen LogP contribution in [0.15, 0.2) is 0 Å². The summed E-state index contributed by atoms with van der Waals surface area (Å²) in [6.07, 6.45) is 0.955. The second-order valence-electron chi connectivity index (χ2n) is 3.69. The van der Waals surface area contributed by atoms with Crippen molar-refractivity contribution in [1.82, 2.24) is 5.32 Å². The Morgan fingerprint density at radius 3 is 2.75 bits per heavy atom. The van der Waals surface area contributed by atoms with Gasteiger partial charge in [-0.05, 0) is 20.3 Å². The lowest BCUT2D eigenvalue weighted by Crippen LogP contribution is -2.54. The molecule has 0 bridgehead atoms. The van der Waals surface area contributed by atoms with Gasteiger partial charge in [0.05, 0.1) is 12.1 Å². The van der Waals surface area contributed by atoms with Gasteiger partial charge in [-0.25, -0.2) is 0 Å². The summed E-state index contributed by atoms with van der Waals surface area (Å²) in [5, 5.41) is 3.16. The van der Waals surface area contributed by atoms with Crippen LogP contribution in [-0.2, 0) is 9.53 Å². The van der Waals surface area contributed by atoms with Crippen LogP contribution in [0.2, 0.25) is 0 Å². The Labute approximate surface area is 72.5 Å². The van der Waals surface area contributed by atoms with E-state index in [0.717, 1.165) is 13.0 Å². The summed E-state index contributed by atoms with van der Waals surface area (Å²) in [5.74, 6) is -0.325. The third-order valence-electron chi connectivity index (χ3n) is 2.11. The number of hydrogen-bond donors (Lipinski definition) is 2. The first-order valence-electron chi connectivity index (χ1n) is 4.18. The standard InChI is InChI=1S/C8H16N2O2/c1-8(2,7(9)11)10-6-3-4-12-5-6/h6,10H,3-5H2,1-2H3,(H2,9,11). The minimum absolute atomic E-state index is 0.271. The van der Waals surface area contributed by atoms with E-state index < -0.39 is 5.54 Å². The Balaban J connectivity index is 2.42. The van der Waals surface area contributed by atoms with E-state index in [4.69, 9.17) is 10.5 Å². The van der Waals surface area contributed by atoms with Gasteiger partial charge in [-0.3, -0.25) is 10.1 Å². The summed E-state index contributed by atoms with van der Waals surface area (Å²) in [4.78, 5) is 10.9. The maximum atomic E-state index is 10.9. The highest BCUT2D eigenvalue weighted by Gasteiger charge is 2.29. The van der Waals surface area contributed by atoms with Crippen LogP contribution in [0, 0.1) is 0 Å². The molecular weight excluding hydrogens is 156 g/mol.